The van der Waals surface area contributed by atoms with E-state index in [2.05, 4.69) is 21.3 Å². The van der Waals surface area contributed by atoms with Gasteiger partial charge in [-0.2, -0.15) is 0 Å². The summed E-state index contributed by atoms with van der Waals surface area (Å²) in [5.74, 6) is -2.02. The maximum atomic E-state index is 12.9. The minimum atomic E-state index is -0.910. The lowest BCUT2D eigenvalue weighted by Gasteiger charge is -2.22. The molecule has 1 fully saturated rings. The van der Waals surface area contributed by atoms with E-state index in [1.54, 1.807) is 7.11 Å². The second kappa shape index (κ2) is 17.2. The van der Waals surface area contributed by atoms with Crippen LogP contribution in [0.2, 0.25) is 0 Å². The third-order valence-electron chi connectivity index (χ3n) is 5.84. The molecule has 1 atom stereocenters. The molecule has 0 saturated carbocycles. The highest BCUT2D eigenvalue weighted by Gasteiger charge is 2.29. The van der Waals surface area contributed by atoms with Gasteiger partial charge in [0.25, 0.3) is 11.8 Å². The van der Waals surface area contributed by atoms with Crippen molar-refractivity contribution in [1.82, 2.24) is 21.3 Å². The largest absolute Gasteiger partial charge is 0.483 e. The molecule has 1 aliphatic heterocycles. The van der Waals surface area contributed by atoms with E-state index in [1.165, 1.54) is 18.2 Å². The lowest BCUT2D eigenvalue weighted by atomic mass is 10.0. The summed E-state index contributed by atoms with van der Waals surface area (Å²) in [6.45, 7) is 1.46. The molecule has 4 amide bonds. The van der Waals surface area contributed by atoms with E-state index in [-0.39, 0.29) is 42.2 Å². The van der Waals surface area contributed by atoms with Gasteiger partial charge < -0.3 is 25.4 Å². The van der Waals surface area contributed by atoms with Crippen LogP contribution >= 0.6 is 12.2 Å². The first kappa shape index (κ1) is 30.8. The summed E-state index contributed by atoms with van der Waals surface area (Å²) in [6.07, 6.45) is 6.88. The van der Waals surface area contributed by atoms with Crippen molar-refractivity contribution in [3.8, 4) is 5.75 Å². The fourth-order valence-electron chi connectivity index (χ4n) is 3.86. The maximum Gasteiger partial charge on any atom is 0.257 e. The fourth-order valence-corrected chi connectivity index (χ4v) is 4.08. The van der Waals surface area contributed by atoms with Gasteiger partial charge in [-0.15, -0.1) is 0 Å². The number of amides is 4. The van der Waals surface area contributed by atoms with Crippen molar-refractivity contribution in [1.29, 1.82) is 0 Å². The highest BCUT2D eigenvalue weighted by Crippen LogP contribution is 2.22. The van der Waals surface area contributed by atoms with E-state index in [1.807, 2.05) is 0 Å². The van der Waals surface area contributed by atoms with Crippen LogP contribution in [0.3, 0.4) is 0 Å². The molecular weight excluding hydrogens is 512 g/mol. The predicted molar refractivity (Wildman–Crippen MR) is 144 cm³/mol. The van der Waals surface area contributed by atoms with E-state index < -0.39 is 23.8 Å². The SMILES string of the molecule is COCC(=S)NCCCCCCCCNC(=O)COc1cccc(C=O)c1C(=O)NC1CCC(=O)NC1=O. The number of thiocarbonyl (C=S) groups is 1. The lowest BCUT2D eigenvalue weighted by Crippen LogP contribution is -2.52. The van der Waals surface area contributed by atoms with Crippen LogP contribution in [0.4, 0.5) is 0 Å². The molecule has 12 heteroatoms. The molecule has 0 aliphatic carbocycles. The highest BCUT2D eigenvalue weighted by molar-refractivity contribution is 7.80. The molecule has 1 aliphatic rings. The molecule has 1 saturated heterocycles. The summed E-state index contributed by atoms with van der Waals surface area (Å²) in [6, 6.07) is 3.53. The number of unbranched alkanes of at least 4 members (excludes halogenated alkanes) is 5. The van der Waals surface area contributed by atoms with Gasteiger partial charge in [-0.3, -0.25) is 29.3 Å². The Balaban J connectivity index is 1.70. The van der Waals surface area contributed by atoms with Gasteiger partial charge in [-0.25, -0.2) is 0 Å². The second-order valence-corrected chi connectivity index (χ2v) is 9.35. The number of hydrogen-bond acceptors (Lipinski definition) is 8. The first-order valence-electron chi connectivity index (χ1n) is 12.7. The molecule has 4 N–H and O–H groups in total. The fraction of sp³-hybridized carbons (Fsp3) is 0.538. The van der Waals surface area contributed by atoms with Crippen molar-refractivity contribution in [3.05, 3.63) is 29.3 Å². The third-order valence-corrected chi connectivity index (χ3v) is 6.10. The van der Waals surface area contributed by atoms with Crippen LogP contribution in [0.5, 0.6) is 5.75 Å². The number of piperidine rings is 1. The van der Waals surface area contributed by atoms with Crippen molar-refractivity contribution in [3.63, 3.8) is 0 Å². The Morgan fingerprint density at radius 2 is 1.74 bits per heavy atom. The smallest absolute Gasteiger partial charge is 0.257 e. The summed E-state index contributed by atoms with van der Waals surface area (Å²) in [7, 11) is 1.61. The van der Waals surface area contributed by atoms with Gasteiger partial charge in [0.15, 0.2) is 12.9 Å². The van der Waals surface area contributed by atoms with Crippen LogP contribution < -0.4 is 26.0 Å². The molecule has 0 aromatic heterocycles. The van der Waals surface area contributed by atoms with Gasteiger partial charge >= 0.3 is 0 Å². The summed E-state index contributed by atoms with van der Waals surface area (Å²) in [4.78, 5) is 60.7. The topological polar surface area (TPSA) is 152 Å². The van der Waals surface area contributed by atoms with Crippen LogP contribution in [0, 0.1) is 0 Å². The van der Waals surface area contributed by atoms with Gasteiger partial charge in [0, 0.05) is 32.2 Å². The molecule has 38 heavy (non-hydrogen) atoms. The molecule has 208 valence electrons. The van der Waals surface area contributed by atoms with E-state index in [0.717, 1.165) is 50.1 Å². The Morgan fingerprint density at radius 1 is 1.05 bits per heavy atom. The number of carbonyl (C=O) groups is 5. The average Bonchev–Trinajstić information content (AvgIpc) is 2.89. The molecule has 0 radical (unpaired) electrons. The molecule has 11 nitrogen and oxygen atoms in total. The molecule has 1 aromatic carbocycles. The summed E-state index contributed by atoms with van der Waals surface area (Å²) in [5, 5.41) is 10.6. The monoisotopic (exact) mass is 548 g/mol. The van der Waals surface area contributed by atoms with Gasteiger partial charge in [0.1, 0.15) is 16.8 Å². The zero-order chi connectivity index (χ0) is 27.8. The minimum Gasteiger partial charge on any atom is -0.483 e. The van der Waals surface area contributed by atoms with Crippen molar-refractivity contribution in [2.24, 2.45) is 0 Å². The molecule has 0 spiro atoms. The zero-order valence-corrected chi connectivity index (χ0v) is 22.5. The Bertz CT molecular complexity index is 1000. The number of carbonyl (C=O) groups excluding carboxylic acids is 5. The molecule has 1 heterocycles. The minimum absolute atomic E-state index is 0.0482. The Hall–Kier alpha value is -3.38. The first-order chi connectivity index (χ1) is 18.3. The summed E-state index contributed by atoms with van der Waals surface area (Å²) in [5.41, 5.74) is -0.0168. The normalized spacial score (nSPS) is 14.8. The number of ether oxygens (including phenoxy) is 2. The van der Waals surface area contributed by atoms with Crippen molar-refractivity contribution in [2.45, 2.75) is 57.4 Å². The molecular formula is C26H36N4O7S. The average molecular weight is 549 g/mol. The van der Waals surface area contributed by atoms with Crippen LogP contribution in [0.1, 0.15) is 72.1 Å². The molecule has 1 unspecified atom stereocenters. The van der Waals surface area contributed by atoms with E-state index in [4.69, 9.17) is 21.7 Å². The van der Waals surface area contributed by atoms with Crippen LogP contribution in [-0.4, -0.2) is 74.4 Å². The summed E-state index contributed by atoms with van der Waals surface area (Å²) < 4.78 is 10.5. The predicted octanol–water partition coefficient (Wildman–Crippen LogP) is 1.43. The number of benzene rings is 1. The van der Waals surface area contributed by atoms with Gasteiger partial charge in [0.2, 0.25) is 11.8 Å². The Labute approximate surface area is 227 Å². The number of methoxy groups -OCH3 is 1. The second-order valence-electron chi connectivity index (χ2n) is 8.86. The van der Waals surface area contributed by atoms with Gasteiger partial charge in [-0.1, -0.05) is 50.0 Å². The Kier molecular flexibility index (Phi) is 14.0. The number of nitrogens with one attached hydrogen (secondary N) is 4. The molecule has 0 bridgehead atoms. The van der Waals surface area contributed by atoms with Gasteiger partial charge in [0.05, 0.1) is 12.2 Å². The van der Waals surface area contributed by atoms with E-state index in [0.29, 0.717) is 19.4 Å². The third kappa shape index (κ3) is 10.9. The van der Waals surface area contributed by atoms with E-state index in [9.17, 15) is 24.0 Å². The van der Waals surface area contributed by atoms with Crippen LogP contribution in [0.15, 0.2) is 18.2 Å². The van der Waals surface area contributed by atoms with Crippen molar-refractivity contribution in [2.75, 3.05) is 33.4 Å². The van der Waals surface area contributed by atoms with Gasteiger partial charge in [-0.05, 0) is 25.3 Å². The standard InChI is InChI=1S/C26H36N4O7S/c1-36-17-23(38)28-14-7-5-3-2-4-6-13-27-22(33)16-37-20-10-8-9-18(15-31)24(20)26(35)29-19-11-12-21(32)30-25(19)34/h8-10,15,19H,2-7,11-14,16-17H2,1H3,(H,27,33)(H,28,38)(H,29,35)(H,30,32,34). The molecule has 2 rings (SSSR count). The highest BCUT2D eigenvalue weighted by atomic mass is 32.1. The number of rotatable bonds is 17. The van der Waals surface area contributed by atoms with Crippen molar-refractivity contribution >= 4 is 47.1 Å². The zero-order valence-electron chi connectivity index (χ0n) is 21.6. The molecule has 1 aromatic rings. The number of imide groups is 1. The van der Waals surface area contributed by atoms with Crippen molar-refractivity contribution < 1.29 is 33.4 Å². The number of aldehydes is 1. The van der Waals surface area contributed by atoms with E-state index >= 15 is 0 Å². The summed E-state index contributed by atoms with van der Waals surface area (Å²) >= 11 is 5.10. The number of hydrogen-bond donors (Lipinski definition) is 4. The Morgan fingerprint density at radius 3 is 2.39 bits per heavy atom. The maximum absolute atomic E-state index is 12.9. The van der Waals surface area contributed by atoms with Crippen LogP contribution in [0.25, 0.3) is 0 Å². The lowest BCUT2D eigenvalue weighted by molar-refractivity contribution is -0.134. The van der Waals surface area contributed by atoms with Crippen LogP contribution in [-0.2, 0) is 19.1 Å². The quantitative estimate of drug-likeness (QED) is 0.0980. The first-order valence-corrected chi connectivity index (χ1v) is 13.1.